The maximum absolute atomic E-state index is 14.6. The van der Waals surface area contributed by atoms with E-state index in [2.05, 4.69) is 42.4 Å². The van der Waals surface area contributed by atoms with E-state index >= 15 is 0 Å². The molecule has 0 radical (unpaired) electrons. The highest BCUT2D eigenvalue weighted by Gasteiger charge is 2.21. The summed E-state index contributed by atoms with van der Waals surface area (Å²) in [5.74, 6) is 1.09. The number of rotatable bonds is 6. The molecule has 178 valence electrons. The number of imidazole rings is 1. The van der Waals surface area contributed by atoms with Crippen LogP contribution in [0.4, 0.5) is 10.3 Å². The van der Waals surface area contributed by atoms with Gasteiger partial charge in [-0.25, -0.2) is 23.9 Å². The first-order valence-electron chi connectivity index (χ1n) is 11.5. The molecule has 0 aliphatic carbocycles. The fourth-order valence-corrected chi connectivity index (χ4v) is 4.79. The molecule has 1 N–H and O–H groups in total. The Morgan fingerprint density at radius 2 is 2.00 bits per heavy atom. The minimum Gasteiger partial charge on any atom is -0.493 e. The number of nitrogens with zero attached hydrogens (tertiary/aromatic N) is 7. The van der Waals surface area contributed by atoms with Crippen molar-refractivity contribution < 1.29 is 9.13 Å². The number of benzene rings is 1. The molecule has 9 nitrogen and oxygen atoms in total. The van der Waals surface area contributed by atoms with Gasteiger partial charge in [-0.1, -0.05) is 0 Å². The average Bonchev–Trinajstić information content (AvgIpc) is 3.59. The normalized spacial score (nSPS) is 13.1. The van der Waals surface area contributed by atoms with Crippen molar-refractivity contribution in [1.82, 2.24) is 33.9 Å². The van der Waals surface area contributed by atoms with Crippen LogP contribution in [-0.4, -0.2) is 54.6 Å². The molecule has 0 bridgehead atoms. The summed E-state index contributed by atoms with van der Waals surface area (Å²) in [6.07, 6.45) is 5.82. The fourth-order valence-electron chi connectivity index (χ4n) is 4.79. The van der Waals surface area contributed by atoms with Crippen LogP contribution in [0.2, 0.25) is 0 Å². The minimum absolute atomic E-state index is 0.247. The molecule has 1 aromatic carbocycles. The number of hydrogen-bond donors (Lipinski definition) is 1. The summed E-state index contributed by atoms with van der Waals surface area (Å²) in [7, 11) is 4.04. The number of pyridine rings is 1. The Kier molecular flexibility index (Phi) is 5.10. The second-order valence-electron chi connectivity index (χ2n) is 8.97. The van der Waals surface area contributed by atoms with Crippen LogP contribution in [0.15, 0.2) is 43.1 Å². The van der Waals surface area contributed by atoms with E-state index in [1.54, 1.807) is 18.7 Å². The van der Waals surface area contributed by atoms with Gasteiger partial charge >= 0.3 is 0 Å². The van der Waals surface area contributed by atoms with Crippen molar-refractivity contribution >= 4 is 17.1 Å². The molecule has 0 atom stereocenters. The predicted octanol–water partition coefficient (Wildman–Crippen LogP) is 3.50. The number of halogens is 1. The van der Waals surface area contributed by atoms with Gasteiger partial charge in [-0.15, -0.1) is 0 Å². The first kappa shape index (κ1) is 21.5. The van der Waals surface area contributed by atoms with Gasteiger partial charge in [0.25, 0.3) is 0 Å². The quantitative estimate of drug-likeness (QED) is 0.405. The second kappa shape index (κ2) is 8.31. The van der Waals surface area contributed by atoms with Crippen LogP contribution in [0.25, 0.3) is 22.3 Å². The van der Waals surface area contributed by atoms with Crippen molar-refractivity contribution in [2.24, 2.45) is 0 Å². The first-order chi connectivity index (χ1) is 17.0. The fraction of sp³-hybridized carbons (Fsp3) is 0.280. The molecule has 35 heavy (non-hydrogen) atoms. The lowest BCUT2D eigenvalue weighted by Gasteiger charge is -2.15. The summed E-state index contributed by atoms with van der Waals surface area (Å²) in [6.45, 7) is 3.58. The Morgan fingerprint density at radius 3 is 2.86 bits per heavy atom. The van der Waals surface area contributed by atoms with Gasteiger partial charge < -0.3 is 15.0 Å². The molecule has 1 aliphatic heterocycles. The van der Waals surface area contributed by atoms with E-state index in [9.17, 15) is 4.39 Å². The molecular formula is C25H25FN8O. The zero-order chi connectivity index (χ0) is 24.1. The van der Waals surface area contributed by atoms with E-state index in [1.807, 2.05) is 36.1 Å². The molecule has 0 unspecified atom stereocenters. The number of aryl methyl sites for hydroxylation is 1. The van der Waals surface area contributed by atoms with E-state index in [0.717, 1.165) is 51.5 Å². The van der Waals surface area contributed by atoms with Gasteiger partial charge in [0.05, 0.1) is 23.5 Å². The van der Waals surface area contributed by atoms with Crippen LogP contribution >= 0.6 is 0 Å². The number of nitrogens with one attached hydrogen (secondary N) is 1. The molecule has 0 spiro atoms. The van der Waals surface area contributed by atoms with Gasteiger partial charge in [0.2, 0.25) is 5.95 Å². The van der Waals surface area contributed by atoms with Crippen molar-refractivity contribution in [1.29, 1.82) is 0 Å². The van der Waals surface area contributed by atoms with Crippen LogP contribution in [0.5, 0.6) is 5.75 Å². The summed E-state index contributed by atoms with van der Waals surface area (Å²) >= 11 is 0. The second-order valence-corrected chi connectivity index (χ2v) is 8.97. The minimum atomic E-state index is -0.247. The topological polar surface area (TPSA) is 84.9 Å². The lowest BCUT2D eigenvalue weighted by atomic mass is 10.0. The third kappa shape index (κ3) is 3.57. The molecule has 0 saturated heterocycles. The highest BCUT2D eigenvalue weighted by Crippen LogP contribution is 2.33. The molecule has 5 aromatic rings. The lowest BCUT2D eigenvalue weighted by Crippen LogP contribution is -2.14. The molecule has 0 amide bonds. The zero-order valence-electron chi connectivity index (χ0n) is 19.8. The third-order valence-corrected chi connectivity index (χ3v) is 6.39. The van der Waals surface area contributed by atoms with Gasteiger partial charge in [0, 0.05) is 48.0 Å². The van der Waals surface area contributed by atoms with Crippen LogP contribution < -0.4 is 10.1 Å². The molecule has 4 aromatic heterocycles. The van der Waals surface area contributed by atoms with Crippen LogP contribution in [0.1, 0.15) is 22.5 Å². The molecular weight excluding hydrogens is 447 g/mol. The van der Waals surface area contributed by atoms with Gasteiger partial charge in [-0.3, -0.25) is 4.40 Å². The molecule has 1 aliphatic rings. The standard InChI is InChI=1S/C25H25FN8O/c1-15-23-20(18-5-4-16(12-32(2)3)34-24(18)29-13-31-34)11-28-25(33(23)14-30-15)27-10-19-17-8-9-35-22(17)7-6-21(19)26/h4-7,11,13-14H,8-10,12H2,1-3H3,(H,27,28). The molecule has 0 saturated carbocycles. The van der Waals surface area contributed by atoms with Gasteiger partial charge in [0.1, 0.15) is 24.2 Å². The number of hydrogen-bond acceptors (Lipinski definition) is 7. The Morgan fingerprint density at radius 1 is 1.11 bits per heavy atom. The SMILES string of the molecule is Cc1ncn2c(NCc3c(F)ccc4c3CCO4)ncc(-c3ccc(CN(C)C)n4ncnc34)c12. The molecule has 10 heteroatoms. The summed E-state index contributed by atoms with van der Waals surface area (Å²) in [6, 6.07) is 7.27. The largest absolute Gasteiger partial charge is 0.493 e. The van der Waals surface area contributed by atoms with Gasteiger partial charge in [-0.2, -0.15) is 5.10 Å². The van der Waals surface area contributed by atoms with E-state index in [1.165, 1.54) is 6.07 Å². The monoisotopic (exact) mass is 472 g/mol. The molecule has 5 heterocycles. The average molecular weight is 473 g/mol. The van der Waals surface area contributed by atoms with E-state index in [4.69, 9.17) is 4.74 Å². The Balaban J connectivity index is 1.40. The van der Waals surface area contributed by atoms with Crippen LogP contribution in [-0.2, 0) is 19.5 Å². The van der Waals surface area contributed by atoms with E-state index < -0.39 is 0 Å². The molecule has 6 rings (SSSR count). The third-order valence-electron chi connectivity index (χ3n) is 6.39. The summed E-state index contributed by atoms with van der Waals surface area (Å²) in [4.78, 5) is 15.9. The number of anilines is 1. The summed E-state index contributed by atoms with van der Waals surface area (Å²) in [5.41, 5.74) is 6.92. The van der Waals surface area contributed by atoms with Crippen LogP contribution in [0, 0.1) is 12.7 Å². The first-order valence-corrected chi connectivity index (χ1v) is 11.5. The van der Waals surface area contributed by atoms with Crippen molar-refractivity contribution in [2.45, 2.75) is 26.4 Å². The number of fused-ring (bicyclic) bond motifs is 3. The Bertz CT molecular complexity index is 1570. The summed E-state index contributed by atoms with van der Waals surface area (Å²) in [5, 5.41) is 7.75. The van der Waals surface area contributed by atoms with E-state index in [-0.39, 0.29) is 5.82 Å². The Hall–Kier alpha value is -4.05. The molecule has 0 fully saturated rings. The van der Waals surface area contributed by atoms with E-state index in [0.29, 0.717) is 31.1 Å². The highest BCUT2D eigenvalue weighted by atomic mass is 19.1. The maximum Gasteiger partial charge on any atom is 0.208 e. The maximum atomic E-state index is 14.6. The summed E-state index contributed by atoms with van der Waals surface area (Å²) < 4.78 is 24.0. The van der Waals surface area contributed by atoms with Gasteiger partial charge in [-0.05, 0) is 45.3 Å². The highest BCUT2D eigenvalue weighted by molar-refractivity contribution is 5.89. The smallest absolute Gasteiger partial charge is 0.208 e. The van der Waals surface area contributed by atoms with Gasteiger partial charge in [0.15, 0.2) is 5.65 Å². The lowest BCUT2D eigenvalue weighted by molar-refractivity contribution is 0.356. The van der Waals surface area contributed by atoms with Crippen molar-refractivity contribution in [3.05, 3.63) is 71.4 Å². The zero-order valence-corrected chi connectivity index (χ0v) is 19.8. The number of aromatic nitrogens is 6. The predicted molar refractivity (Wildman–Crippen MR) is 130 cm³/mol. The Labute approximate surface area is 201 Å². The van der Waals surface area contributed by atoms with Crippen molar-refractivity contribution in [2.75, 3.05) is 26.0 Å². The van der Waals surface area contributed by atoms with Crippen LogP contribution in [0.3, 0.4) is 0 Å². The number of ether oxygens (including phenoxy) is 1. The van der Waals surface area contributed by atoms with Crippen molar-refractivity contribution in [3.63, 3.8) is 0 Å². The van der Waals surface area contributed by atoms with Crippen molar-refractivity contribution in [3.8, 4) is 16.9 Å².